The van der Waals surface area contributed by atoms with Crippen molar-refractivity contribution in [2.45, 2.75) is 13.3 Å². The van der Waals surface area contributed by atoms with Crippen molar-refractivity contribution in [1.29, 1.82) is 0 Å². The van der Waals surface area contributed by atoms with Crippen molar-refractivity contribution in [3.63, 3.8) is 0 Å². The molecule has 0 spiro atoms. The van der Waals surface area contributed by atoms with Crippen molar-refractivity contribution in [2.75, 3.05) is 25.6 Å². The first kappa shape index (κ1) is 18.1. The molecule has 0 aromatic heterocycles. The third kappa shape index (κ3) is 4.89. The highest BCUT2D eigenvalue weighted by Crippen LogP contribution is 2.28. The number of hydrogen-bond acceptors (Lipinski definition) is 4. The number of aryl methyl sites for hydroxylation is 1. The number of anilines is 1. The number of halogens is 1. The van der Waals surface area contributed by atoms with Crippen LogP contribution in [0.2, 0.25) is 0 Å². The summed E-state index contributed by atoms with van der Waals surface area (Å²) in [4.78, 5) is 11.4. The molecule has 0 aliphatic heterocycles. The van der Waals surface area contributed by atoms with Gasteiger partial charge in [0.1, 0.15) is 11.5 Å². The fourth-order valence-corrected chi connectivity index (χ4v) is 2.95. The van der Waals surface area contributed by atoms with Crippen LogP contribution in [0.4, 0.5) is 5.69 Å². The molecular weight excluding hydrogens is 374 g/mol. The van der Waals surface area contributed by atoms with E-state index in [9.17, 15) is 9.90 Å². The Bertz CT molecular complexity index is 701. The van der Waals surface area contributed by atoms with Crippen molar-refractivity contribution in [1.82, 2.24) is 0 Å². The SMILES string of the molecule is COc1ccc(OCCCNc2c(Br)cc(C)cc2C(=O)O)cc1. The van der Waals surface area contributed by atoms with Crippen LogP contribution in [0.25, 0.3) is 0 Å². The van der Waals surface area contributed by atoms with E-state index < -0.39 is 5.97 Å². The van der Waals surface area contributed by atoms with Crippen LogP contribution in [0, 0.1) is 6.92 Å². The Morgan fingerprint density at radius 3 is 2.50 bits per heavy atom. The molecule has 0 aliphatic rings. The van der Waals surface area contributed by atoms with Gasteiger partial charge in [0.25, 0.3) is 0 Å². The standard InChI is InChI=1S/C18H20BrNO4/c1-12-10-15(18(21)22)17(16(19)11-12)20-8-3-9-24-14-6-4-13(23-2)5-7-14/h4-7,10-11,20H,3,8-9H2,1-2H3,(H,21,22). The number of rotatable bonds is 8. The van der Waals surface area contributed by atoms with Crippen LogP contribution in [-0.2, 0) is 0 Å². The molecule has 0 aliphatic carbocycles. The molecule has 2 rings (SSSR count). The molecule has 5 nitrogen and oxygen atoms in total. The molecule has 2 aromatic rings. The summed E-state index contributed by atoms with van der Waals surface area (Å²) in [6.45, 7) is 3.01. The van der Waals surface area contributed by atoms with E-state index in [0.29, 0.717) is 18.8 Å². The highest BCUT2D eigenvalue weighted by Gasteiger charge is 2.13. The van der Waals surface area contributed by atoms with E-state index in [1.54, 1.807) is 13.2 Å². The zero-order chi connectivity index (χ0) is 17.5. The molecular formula is C18H20BrNO4. The van der Waals surface area contributed by atoms with Gasteiger partial charge in [-0.3, -0.25) is 0 Å². The number of aromatic carboxylic acids is 1. The predicted octanol–water partition coefficient (Wildman–Crippen LogP) is 4.35. The third-order valence-electron chi connectivity index (χ3n) is 3.42. The number of ether oxygens (including phenoxy) is 2. The van der Waals surface area contributed by atoms with Gasteiger partial charge in [-0.1, -0.05) is 0 Å². The van der Waals surface area contributed by atoms with E-state index in [-0.39, 0.29) is 5.56 Å². The third-order valence-corrected chi connectivity index (χ3v) is 4.04. The maximum Gasteiger partial charge on any atom is 0.337 e. The fourth-order valence-electron chi connectivity index (χ4n) is 2.24. The second-order valence-electron chi connectivity index (χ2n) is 5.28. The molecule has 0 amide bonds. The Balaban J connectivity index is 1.85. The number of benzene rings is 2. The molecule has 128 valence electrons. The van der Waals surface area contributed by atoms with Crippen LogP contribution < -0.4 is 14.8 Å². The number of carbonyl (C=O) groups is 1. The second kappa shape index (κ2) is 8.59. The maximum absolute atomic E-state index is 11.4. The van der Waals surface area contributed by atoms with E-state index in [4.69, 9.17) is 9.47 Å². The summed E-state index contributed by atoms with van der Waals surface area (Å²) in [6, 6.07) is 10.9. The van der Waals surface area contributed by atoms with Gasteiger partial charge >= 0.3 is 5.97 Å². The summed E-state index contributed by atoms with van der Waals surface area (Å²) in [5.74, 6) is 0.615. The lowest BCUT2D eigenvalue weighted by atomic mass is 10.1. The molecule has 24 heavy (non-hydrogen) atoms. The van der Waals surface area contributed by atoms with E-state index in [0.717, 1.165) is 28.0 Å². The van der Waals surface area contributed by atoms with Gasteiger partial charge in [0, 0.05) is 11.0 Å². The second-order valence-corrected chi connectivity index (χ2v) is 6.13. The van der Waals surface area contributed by atoms with Crippen LogP contribution in [0.1, 0.15) is 22.3 Å². The number of carboxylic acid groups (broad SMARTS) is 1. The summed E-state index contributed by atoms with van der Waals surface area (Å²) in [6.07, 6.45) is 0.741. The van der Waals surface area contributed by atoms with Crippen molar-refractivity contribution in [3.05, 3.63) is 52.0 Å². The maximum atomic E-state index is 11.4. The summed E-state index contributed by atoms with van der Waals surface area (Å²) in [5.41, 5.74) is 1.75. The van der Waals surface area contributed by atoms with Gasteiger partial charge in [0.05, 0.1) is 25.0 Å². The van der Waals surface area contributed by atoms with E-state index in [2.05, 4.69) is 21.2 Å². The highest BCUT2D eigenvalue weighted by atomic mass is 79.9. The number of methoxy groups -OCH3 is 1. The highest BCUT2D eigenvalue weighted by molar-refractivity contribution is 9.10. The monoisotopic (exact) mass is 393 g/mol. The van der Waals surface area contributed by atoms with E-state index in [1.807, 2.05) is 37.3 Å². The minimum absolute atomic E-state index is 0.262. The van der Waals surface area contributed by atoms with Crippen molar-refractivity contribution < 1.29 is 19.4 Å². The van der Waals surface area contributed by atoms with Crippen molar-refractivity contribution in [2.24, 2.45) is 0 Å². The molecule has 0 bridgehead atoms. The zero-order valence-corrected chi connectivity index (χ0v) is 15.2. The summed E-state index contributed by atoms with van der Waals surface area (Å²) in [7, 11) is 1.62. The summed E-state index contributed by atoms with van der Waals surface area (Å²) >= 11 is 3.42. The molecule has 6 heteroatoms. The Labute approximate surface area is 149 Å². The lowest BCUT2D eigenvalue weighted by Crippen LogP contribution is -2.11. The smallest absolute Gasteiger partial charge is 0.337 e. The van der Waals surface area contributed by atoms with Gasteiger partial charge in [-0.15, -0.1) is 0 Å². The van der Waals surface area contributed by atoms with Crippen LogP contribution in [0.5, 0.6) is 11.5 Å². The first-order valence-corrected chi connectivity index (χ1v) is 8.34. The average Bonchev–Trinajstić information content (AvgIpc) is 2.56. The lowest BCUT2D eigenvalue weighted by Gasteiger charge is -2.13. The molecule has 0 fully saturated rings. The average molecular weight is 394 g/mol. The molecule has 0 atom stereocenters. The van der Waals surface area contributed by atoms with Crippen LogP contribution in [-0.4, -0.2) is 31.3 Å². The summed E-state index contributed by atoms with van der Waals surface area (Å²) < 4.78 is 11.5. The largest absolute Gasteiger partial charge is 0.497 e. The van der Waals surface area contributed by atoms with Crippen LogP contribution in [0.15, 0.2) is 40.9 Å². The quantitative estimate of drug-likeness (QED) is 0.652. The Morgan fingerprint density at radius 2 is 1.88 bits per heavy atom. The minimum Gasteiger partial charge on any atom is -0.497 e. The lowest BCUT2D eigenvalue weighted by molar-refractivity contribution is 0.0697. The van der Waals surface area contributed by atoms with E-state index in [1.165, 1.54) is 0 Å². The molecule has 0 saturated heterocycles. The minimum atomic E-state index is -0.948. The number of nitrogens with one attached hydrogen (secondary N) is 1. The molecule has 2 N–H and O–H groups in total. The molecule has 0 saturated carbocycles. The Morgan fingerprint density at radius 1 is 1.21 bits per heavy atom. The van der Waals surface area contributed by atoms with Crippen molar-refractivity contribution in [3.8, 4) is 11.5 Å². The van der Waals surface area contributed by atoms with Gasteiger partial charge < -0.3 is 19.9 Å². The van der Waals surface area contributed by atoms with Gasteiger partial charge in [0.15, 0.2) is 0 Å². The van der Waals surface area contributed by atoms with Crippen molar-refractivity contribution >= 4 is 27.6 Å². The topological polar surface area (TPSA) is 67.8 Å². The predicted molar refractivity (Wildman–Crippen MR) is 97.4 cm³/mol. The van der Waals surface area contributed by atoms with Gasteiger partial charge in [-0.2, -0.15) is 0 Å². The van der Waals surface area contributed by atoms with Gasteiger partial charge in [0.2, 0.25) is 0 Å². The number of hydrogen-bond donors (Lipinski definition) is 2. The fraction of sp³-hybridized carbons (Fsp3) is 0.278. The van der Waals surface area contributed by atoms with E-state index >= 15 is 0 Å². The number of carboxylic acids is 1. The van der Waals surface area contributed by atoms with Crippen LogP contribution in [0.3, 0.4) is 0 Å². The molecule has 2 aromatic carbocycles. The molecule has 0 radical (unpaired) electrons. The zero-order valence-electron chi connectivity index (χ0n) is 13.6. The Kier molecular flexibility index (Phi) is 6.49. The first-order chi connectivity index (χ1) is 11.5. The normalized spacial score (nSPS) is 10.3. The summed E-state index contributed by atoms with van der Waals surface area (Å²) in [5, 5.41) is 12.5. The van der Waals surface area contributed by atoms with Gasteiger partial charge in [-0.25, -0.2) is 4.79 Å². The first-order valence-electron chi connectivity index (χ1n) is 7.55. The molecule has 0 unspecified atom stereocenters. The Hall–Kier alpha value is -2.21. The molecule has 0 heterocycles. The van der Waals surface area contributed by atoms with Gasteiger partial charge in [-0.05, 0) is 71.2 Å². The van der Waals surface area contributed by atoms with Crippen LogP contribution >= 0.6 is 15.9 Å².